The van der Waals surface area contributed by atoms with Gasteiger partial charge in [-0.2, -0.15) is 0 Å². The molecule has 0 bridgehead atoms. The molecule has 0 spiro atoms. The summed E-state index contributed by atoms with van der Waals surface area (Å²) in [7, 11) is 0. The van der Waals surface area contributed by atoms with Gasteiger partial charge < -0.3 is 5.32 Å². The van der Waals surface area contributed by atoms with Gasteiger partial charge in [-0.15, -0.1) is 0 Å². The number of fused-ring (bicyclic) bond motifs is 1. The molecule has 109 valence electrons. The lowest BCUT2D eigenvalue weighted by molar-refractivity contribution is 0.541. The number of unbranched alkanes of at least 4 members (excludes halogenated alkanes) is 6. The number of rotatable bonds is 9. The quantitative estimate of drug-likeness (QED) is 0.695. The Morgan fingerprint density at radius 2 is 1.90 bits per heavy atom. The SMILES string of the molecule is O=[C]CCCCCCCCc1ccc2c(n1)NCCC2. The fourth-order valence-corrected chi connectivity index (χ4v) is 2.72. The van der Waals surface area contributed by atoms with E-state index in [1.807, 2.05) is 6.29 Å². The molecule has 0 fully saturated rings. The van der Waals surface area contributed by atoms with Gasteiger partial charge in [-0.3, -0.25) is 4.79 Å². The summed E-state index contributed by atoms with van der Waals surface area (Å²) in [5.41, 5.74) is 2.58. The zero-order chi connectivity index (χ0) is 14.0. The van der Waals surface area contributed by atoms with Crippen molar-refractivity contribution >= 4 is 12.1 Å². The Labute approximate surface area is 122 Å². The van der Waals surface area contributed by atoms with Crippen LogP contribution in [0.4, 0.5) is 5.82 Å². The van der Waals surface area contributed by atoms with E-state index in [9.17, 15) is 4.79 Å². The number of hydrogen-bond acceptors (Lipinski definition) is 3. The van der Waals surface area contributed by atoms with Crippen LogP contribution in [0.25, 0.3) is 0 Å². The summed E-state index contributed by atoms with van der Waals surface area (Å²) in [6.07, 6.45) is 13.2. The smallest absolute Gasteiger partial charge is 0.198 e. The molecule has 1 N–H and O–H groups in total. The molecule has 1 aliphatic rings. The van der Waals surface area contributed by atoms with E-state index >= 15 is 0 Å². The Balaban J connectivity index is 1.61. The number of nitrogens with one attached hydrogen (secondary N) is 1. The van der Waals surface area contributed by atoms with Gasteiger partial charge in [0.1, 0.15) is 5.82 Å². The molecule has 1 aliphatic heterocycles. The van der Waals surface area contributed by atoms with Crippen molar-refractivity contribution in [3.8, 4) is 0 Å². The van der Waals surface area contributed by atoms with Gasteiger partial charge >= 0.3 is 0 Å². The van der Waals surface area contributed by atoms with Gasteiger partial charge in [0.15, 0.2) is 6.29 Å². The maximum absolute atomic E-state index is 10.1. The van der Waals surface area contributed by atoms with Crippen molar-refractivity contribution < 1.29 is 4.79 Å². The predicted molar refractivity (Wildman–Crippen MR) is 82.8 cm³/mol. The van der Waals surface area contributed by atoms with E-state index in [2.05, 4.69) is 17.4 Å². The Hall–Kier alpha value is -1.38. The van der Waals surface area contributed by atoms with Crippen LogP contribution < -0.4 is 5.32 Å². The Morgan fingerprint density at radius 3 is 2.75 bits per heavy atom. The molecule has 0 amide bonds. The van der Waals surface area contributed by atoms with Crippen molar-refractivity contribution in [3.63, 3.8) is 0 Å². The van der Waals surface area contributed by atoms with Crippen LogP contribution in [0.15, 0.2) is 12.1 Å². The summed E-state index contributed by atoms with van der Waals surface area (Å²) in [5.74, 6) is 1.11. The van der Waals surface area contributed by atoms with Gasteiger partial charge in [-0.05, 0) is 43.7 Å². The highest BCUT2D eigenvalue weighted by molar-refractivity contribution is 5.50. The fourth-order valence-electron chi connectivity index (χ4n) is 2.72. The van der Waals surface area contributed by atoms with Crippen molar-refractivity contribution in [2.45, 2.75) is 64.2 Å². The maximum Gasteiger partial charge on any atom is 0.198 e. The van der Waals surface area contributed by atoms with Crippen LogP contribution in [0.3, 0.4) is 0 Å². The van der Waals surface area contributed by atoms with Crippen molar-refractivity contribution in [1.82, 2.24) is 4.98 Å². The number of nitrogens with zero attached hydrogens (tertiary/aromatic N) is 1. The molecule has 2 heterocycles. The lowest BCUT2D eigenvalue weighted by Gasteiger charge is -2.17. The standard InChI is InChI=1S/C17H25N2O/c20-14-7-5-3-1-2-4-6-10-16-12-11-15-9-8-13-18-17(15)19-16/h11-12H,1-10,13H2,(H,18,19). The number of pyridine rings is 1. The van der Waals surface area contributed by atoms with E-state index in [0.29, 0.717) is 6.42 Å². The number of hydrogen-bond donors (Lipinski definition) is 1. The van der Waals surface area contributed by atoms with E-state index in [4.69, 9.17) is 4.98 Å². The number of aromatic nitrogens is 1. The second kappa shape index (κ2) is 8.72. The average Bonchev–Trinajstić information content (AvgIpc) is 2.50. The van der Waals surface area contributed by atoms with E-state index in [0.717, 1.165) is 38.0 Å². The summed E-state index contributed by atoms with van der Waals surface area (Å²) in [4.78, 5) is 14.8. The molecular formula is C17H25N2O. The summed E-state index contributed by atoms with van der Waals surface area (Å²) >= 11 is 0. The lowest BCUT2D eigenvalue weighted by Crippen LogP contribution is -2.13. The zero-order valence-corrected chi connectivity index (χ0v) is 12.3. The van der Waals surface area contributed by atoms with Crippen LogP contribution in [-0.2, 0) is 17.6 Å². The number of anilines is 1. The van der Waals surface area contributed by atoms with Crippen LogP contribution in [-0.4, -0.2) is 17.8 Å². The van der Waals surface area contributed by atoms with Gasteiger partial charge in [0, 0.05) is 18.7 Å². The van der Waals surface area contributed by atoms with Crippen LogP contribution in [0.1, 0.15) is 62.6 Å². The first-order valence-electron chi connectivity index (χ1n) is 7.98. The highest BCUT2D eigenvalue weighted by atomic mass is 16.1. The Bertz CT molecular complexity index is 417. The normalized spacial score (nSPS) is 13.6. The molecule has 3 heteroatoms. The highest BCUT2D eigenvalue weighted by Crippen LogP contribution is 2.20. The predicted octanol–water partition coefficient (Wildman–Crippen LogP) is 3.82. The molecule has 20 heavy (non-hydrogen) atoms. The molecule has 0 aromatic carbocycles. The topological polar surface area (TPSA) is 42.0 Å². The molecule has 1 aromatic rings. The molecule has 0 aliphatic carbocycles. The molecular weight excluding hydrogens is 248 g/mol. The van der Waals surface area contributed by atoms with Crippen molar-refractivity contribution in [2.24, 2.45) is 0 Å². The Kier molecular flexibility index (Phi) is 6.55. The maximum atomic E-state index is 10.1. The molecule has 1 aromatic heterocycles. The summed E-state index contributed by atoms with van der Waals surface area (Å²) < 4.78 is 0. The van der Waals surface area contributed by atoms with Gasteiger partial charge in [0.2, 0.25) is 0 Å². The first-order valence-corrected chi connectivity index (χ1v) is 7.98. The second-order valence-electron chi connectivity index (χ2n) is 5.61. The minimum Gasteiger partial charge on any atom is -0.370 e. The van der Waals surface area contributed by atoms with Crippen molar-refractivity contribution in [3.05, 3.63) is 23.4 Å². The first kappa shape index (κ1) is 15.0. The molecule has 0 unspecified atom stereocenters. The molecule has 3 nitrogen and oxygen atoms in total. The van der Waals surface area contributed by atoms with Crippen LogP contribution in [0, 0.1) is 0 Å². The Morgan fingerprint density at radius 1 is 1.10 bits per heavy atom. The van der Waals surface area contributed by atoms with Crippen molar-refractivity contribution in [2.75, 3.05) is 11.9 Å². The molecule has 0 saturated carbocycles. The average molecular weight is 273 g/mol. The van der Waals surface area contributed by atoms with Gasteiger partial charge in [0.25, 0.3) is 0 Å². The number of carbonyl (C=O) groups excluding carboxylic acids is 1. The third-order valence-corrected chi connectivity index (χ3v) is 3.91. The number of aryl methyl sites for hydroxylation is 2. The lowest BCUT2D eigenvalue weighted by atomic mass is 10.0. The second-order valence-corrected chi connectivity index (χ2v) is 5.61. The molecule has 0 saturated heterocycles. The first-order chi connectivity index (χ1) is 9.90. The van der Waals surface area contributed by atoms with E-state index in [-0.39, 0.29) is 0 Å². The van der Waals surface area contributed by atoms with Gasteiger partial charge in [0.05, 0.1) is 0 Å². The van der Waals surface area contributed by atoms with E-state index in [1.165, 1.54) is 43.4 Å². The zero-order valence-electron chi connectivity index (χ0n) is 12.3. The monoisotopic (exact) mass is 273 g/mol. The van der Waals surface area contributed by atoms with Crippen LogP contribution in [0.5, 0.6) is 0 Å². The third-order valence-electron chi connectivity index (χ3n) is 3.91. The van der Waals surface area contributed by atoms with Crippen LogP contribution >= 0.6 is 0 Å². The van der Waals surface area contributed by atoms with Crippen molar-refractivity contribution in [1.29, 1.82) is 0 Å². The highest BCUT2D eigenvalue weighted by Gasteiger charge is 2.09. The third kappa shape index (κ3) is 4.95. The van der Waals surface area contributed by atoms with Gasteiger partial charge in [-0.25, -0.2) is 4.98 Å². The van der Waals surface area contributed by atoms with Gasteiger partial charge in [-0.1, -0.05) is 31.7 Å². The minimum absolute atomic E-state index is 0.603. The molecule has 0 atom stereocenters. The molecule has 2 rings (SSSR count). The summed E-state index contributed by atoms with van der Waals surface area (Å²) in [5, 5.41) is 3.39. The summed E-state index contributed by atoms with van der Waals surface area (Å²) in [6, 6.07) is 4.42. The van der Waals surface area contributed by atoms with E-state index < -0.39 is 0 Å². The largest absolute Gasteiger partial charge is 0.370 e. The molecule has 1 radical (unpaired) electrons. The minimum atomic E-state index is 0.603. The fraction of sp³-hybridized carbons (Fsp3) is 0.647. The summed E-state index contributed by atoms with van der Waals surface area (Å²) in [6.45, 7) is 1.06. The van der Waals surface area contributed by atoms with E-state index in [1.54, 1.807) is 0 Å². The van der Waals surface area contributed by atoms with Crippen LogP contribution in [0.2, 0.25) is 0 Å².